The van der Waals surface area contributed by atoms with Gasteiger partial charge in [-0.2, -0.15) is 0 Å². The molecule has 5 nitrogen and oxygen atoms in total. The minimum Gasteiger partial charge on any atom is -0.411 e. The number of nitrogens with zero attached hydrogens (tertiary/aromatic N) is 2. The van der Waals surface area contributed by atoms with Gasteiger partial charge in [0.05, 0.1) is 5.25 Å². The minimum atomic E-state index is -0.313. The van der Waals surface area contributed by atoms with E-state index in [4.69, 9.17) is 4.42 Å². The number of carbonyl (C=O) groups excluding carboxylic acids is 1. The average molecular weight is 317 g/mol. The van der Waals surface area contributed by atoms with Crippen LogP contribution in [-0.4, -0.2) is 27.9 Å². The molecule has 22 heavy (non-hydrogen) atoms. The Morgan fingerprint density at radius 3 is 2.68 bits per heavy atom. The van der Waals surface area contributed by atoms with Crippen LogP contribution in [0.1, 0.15) is 18.1 Å². The Hall–Kier alpha value is -2.08. The molecule has 0 fully saturated rings. The highest BCUT2D eigenvalue weighted by Gasteiger charge is 2.18. The summed E-state index contributed by atoms with van der Waals surface area (Å²) in [5.41, 5.74) is 3.17. The van der Waals surface area contributed by atoms with Crippen molar-refractivity contribution in [2.24, 2.45) is 0 Å². The molecule has 6 heteroatoms. The van der Waals surface area contributed by atoms with Crippen LogP contribution in [0.4, 0.5) is 0 Å². The van der Waals surface area contributed by atoms with Crippen LogP contribution in [0.15, 0.2) is 40.5 Å². The van der Waals surface area contributed by atoms with E-state index in [2.05, 4.69) is 28.2 Å². The quantitative estimate of drug-likeness (QED) is 0.655. The number of benzene rings is 1. The van der Waals surface area contributed by atoms with Gasteiger partial charge in [0.1, 0.15) is 0 Å². The standard InChI is InChI=1S/C16H19N3O2S/c1-5-6-17-14(20)12(4)22-16-19-18-15(21-16)13-8-10(2)7-11(3)9-13/h5,7-9,12H,1,6H2,2-4H3,(H,17,20)/t12-/m1/s1. The molecule has 0 aliphatic rings. The fourth-order valence-electron chi connectivity index (χ4n) is 1.99. The second kappa shape index (κ2) is 7.26. The molecule has 2 aromatic rings. The molecule has 0 bridgehead atoms. The summed E-state index contributed by atoms with van der Waals surface area (Å²) in [6, 6.07) is 6.08. The van der Waals surface area contributed by atoms with Gasteiger partial charge in [-0.1, -0.05) is 35.0 Å². The van der Waals surface area contributed by atoms with Gasteiger partial charge in [0.25, 0.3) is 5.22 Å². The lowest BCUT2D eigenvalue weighted by Gasteiger charge is -2.07. The van der Waals surface area contributed by atoms with Gasteiger partial charge in [-0.25, -0.2) is 0 Å². The lowest BCUT2D eigenvalue weighted by Crippen LogP contribution is -2.30. The predicted octanol–water partition coefficient (Wildman–Crippen LogP) is 3.14. The van der Waals surface area contributed by atoms with Crippen LogP contribution in [0.5, 0.6) is 0 Å². The van der Waals surface area contributed by atoms with Gasteiger partial charge in [-0.3, -0.25) is 4.79 Å². The fourth-order valence-corrected chi connectivity index (χ4v) is 2.70. The molecule has 0 aliphatic heterocycles. The van der Waals surface area contributed by atoms with Crippen LogP contribution < -0.4 is 5.32 Å². The van der Waals surface area contributed by atoms with Crippen LogP contribution in [0.2, 0.25) is 0 Å². The van der Waals surface area contributed by atoms with E-state index in [1.54, 1.807) is 13.0 Å². The number of nitrogens with one attached hydrogen (secondary N) is 1. The normalized spacial score (nSPS) is 12.0. The first-order valence-corrected chi connectivity index (χ1v) is 7.85. The second-order valence-electron chi connectivity index (χ2n) is 5.04. The first-order valence-electron chi connectivity index (χ1n) is 6.97. The third kappa shape index (κ3) is 4.21. The van der Waals surface area contributed by atoms with Gasteiger partial charge in [-0.05, 0) is 32.9 Å². The van der Waals surface area contributed by atoms with Crippen molar-refractivity contribution in [1.82, 2.24) is 15.5 Å². The van der Waals surface area contributed by atoms with Crippen LogP contribution in [-0.2, 0) is 4.79 Å². The molecule has 1 amide bonds. The van der Waals surface area contributed by atoms with Crippen LogP contribution in [0.3, 0.4) is 0 Å². The van der Waals surface area contributed by atoms with Gasteiger partial charge < -0.3 is 9.73 Å². The SMILES string of the molecule is C=CCNC(=O)[C@@H](C)Sc1nnc(-c2cc(C)cc(C)c2)o1. The van der Waals surface area contributed by atoms with Crippen LogP contribution >= 0.6 is 11.8 Å². The molecule has 0 radical (unpaired) electrons. The van der Waals surface area contributed by atoms with Crippen molar-refractivity contribution in [2.45, 2.75) is 31.2 Å². The molecule has 0 aliphatic carbocycles. The summed E-state index contributed by atoms with van der Waals surface area (Å²) in [5.74, 6) is 0.379. The second-order valence-corrected chi connectivity index (χ2v) is 6.34. The van der Waals surface area contributed by atoms with Crippen molar-refractivity contribution in [3.05, 3.63) is 42.0 Å². The lowest BCUT2D eigenvalue weighted by atomic mass is 10.1. The van der Waals surface area contributed by atoms with Crippen molar-refractivity contribution >= 4 is 17.7 Å². The van der Waals surface area contributed by atoms with Crippen molar-refractivity contribution < 1.29 is 9.21 Å². The summed E-state index contributed by atoms with van der Waals surface area (Å²) in [6.07, 6.45) is 1.64. The Kier molecular flexibility index (Phi) is 5.38. The Balaban J connectivity index is 2.08. The third-order valence-corrected chi connectivity index (χ3v) is 3.88. The zero-order valence-electron chi connectivity index (χ0n) is 12.9. The third-order valence-electron chi connectivity index (χ3n) is 2.94. The number of hydrogen-bond donors (Lipinski definition) is 1. The first kappa shape index (κ1) is 16.3. The fraction of sp³-hybridized carbons (Fsp3) is 0.312. The van der Waals surface area contributed by atoms with E-state index in [9.17, 15) is 4.79 Å². The molecule has 2 rings (SSSR count). The largest absolute Gasteiger partial charge is 0.411 e. The van der Waals surface area contributed by atoms with E-state index in [1.165, 1.54) is 11.8 Å². The van der Waals surface area contributed by atoms with Gasteiger partial charge in [0, 0.05) is 12.1 Å². The molecule has 0 saturated carbocycles. The molecule has 1 N–H and O–H groups in total. The zero-order valence-corrected chi connectivity index (χ0v) is 13.7. The number of aromatic nitrogens is 2. The smallest absolute Gasteiger partial charge is 0.277 e. The van der Waals surface area contributed by atoms with Crippen LogP contribution in [0.25, 0.3) is 11.5 Å². The monoisotopic (exact) mass is 317 g/mol. The van der Waals surface area contributed by atoms with E-state index < -0.39 is 0 Å². The van der Waals surface area contributed by atoms with Crippen molar-refractivity contribution in [3.8, 4) is 11.5 Å². The Morgan fingerprint density at radius 2 is 2.05 bits per heavy atom. The van der Waals surface area contributed by atoms with Crippen molar-refractivity contribution in [3.63, 3.8) is 0 Å². The van der Waals surface area contributed by atoms with E-state index >= 15 is 0 Å². The van der Waals surface area contributed by atoms with Gasteiger partial charge >= 0.3 is 0 Å². The number of amides is 1. The average Bonchev–Trinajstić information content (AvgIpc) is 2.92. The molecule has 0 unspecified atom stereocenters. The maximum Gasteiger partial charge on any atom is 0.277 e. The van der Waals surface area contributed by atoms with Gasteiger partial charge in [0.2, 0.25) is 11.8 Å². The highest BCUT2D eigenvalue weighted by Crippen LogP contribution is 2.27. The van der Waals surface area contributed by atoms with Crippen molar-refractivity contribution in [2.75, 3.05) is 6.54 Å². The lowest BCUT2D eigenvalue weighted by molar-refractivity contribution is -0.120. The molecule has 116 valence electrons. The van der Waals surface area contributed by atoms with E-state index in [-0.39, 0.29) is 11.2 Å². The molecule has 1 heterocycles. The summed E-state index contributed by atoms with van der Waals surface area (Å²) in [7, 11) is 0. The van der Waals surface area contributed by atoms with Gasteiger partial charge in [-0.15, -0.1) is 16.8 Å². The Morgan fingerprint density at radius 1 is 1.36 bits per heavy atom. The summed E-state index contributed by atoms with van der Waals surface area (Å²) >= 11 is 1.24. The number of carbonyl (C=O) groups is 1. The molecule has 1 atom stereocenters. The number of aryl methyl sites for hydroxylation is 2. The molecular formula is C16H19N3O2S. The van der Waals surface area contributed by atoms with E-state index in [0.717, 1.165) is 16.7 Å². The maximum atomic E-state index is 11.8. The molecular weight excluding hydrogens is 298 g/mol. The molecule has 1 aromatic carbocycles. The Bertz CT molecular complexity index is 662. The topological polar surface area (TPSA) is 68.0 Å². The zero-order chi connectivity index (χ0) is 16.1. The number of thioether (sulfide) groups is 1. The molecule has 0 spiro atoms. The van der Waals surface area contributed by atoms with Crippen molar-refractivity contribution in [1.29, 1.82) is 0 Å². The summed E-state index contributed by atoms with van der Waals surface area (Å²) in [5, 5.41) is 10.9. The first-order chi connectivity index (χ1) is 10.5. The highest BCUT2D eigenvalue weighted by atomic mass is 32.2. The van der Waals surface area contributed by atoms with E-state index in [0.29, 0.717) is 17.7 Å². The summed E-state index contributed by atoms with van der Waals surface area (Å²) < 4.78 is 5.65. The van der Waals surface area contributed by atoms with E-state index in [1.807, 2.05) is 26.0 Å². The summed E-state index contributed by atoms with van der Waals surface area (Å²) in [6.45, 7) is 9.85. The minimum absolute atomic E-state index is 0.0870. The number of hydrogen-bond acceptors (Lipinski definition) is 5. The predicted molar refractivity (Wildman–Crippen MR) is 87.7 cm³/mol. The number of rotatable bonds is 6. The van der Waals surface area contributed by atoms with Gasteiger partial charge in [0.15, 0.2) is 0 Å². The molecule has 1 aromatic heterocycles. The Labute approximate surface area is 134 Å². The summed E-state index contributed by atoms with van der Waals surface area (Å²) in [4.78, 5) is 11.8. The maximum absolute atomic E-state index is 11.8. The van der Waals surface area contributed by atoms with Crippen LogP contribution in [0, 0.1) is 13.8 Å². The molecule has 0 saturated heterocycles. The highest BCUT2D eigenvalue weighted by molar-refractivity contribution is 8.00.